The molecule has 0 spiro atoms. The number of carbonyl (C=O) groups is 1. The minimum atomic E-state index is -3.55. The van der Waals surface area contributed by atoms with Gasteiger partial charge < -0.3 is 10.1 Å². The molecule has 0 radical (unpaired) electrons. The number of hydrogen-bond acceptors (Lipinski definition) is 4. The highest BCUT2D eigenvalue weighted by atomic mass is 32.2. The first-order valence-electron chi connectivity index (χ1n) is 8.13. The zero-order valence-electron chi connectivity index (χ0n) is 14.8. The molecule has 6 heteroatoms. The molecule has 0 heterocycles. The third kappa shape index (κ3) is 4.60. The van der Waals surface area contributed by atoms with Gasteiger partial charge in [0.05, 0.1) is 21.8 Å². The Kier molecular flexibility index (Phi) is 5.85. The number of rotatable bonds is 6. The fraction of sp³-hybridized carbons (Fsp3) is 0.316. The van der Waals surface area contributed by atoms with Crippen LogP contribution in [-0.2, 0) is 9.84 Å². The van der Waals surface area contributed by atoms with Crippen LogP contribution in [0.25, 0.3) is 0 Å². The first-order chi connectivity index (χ1) is 11.7. The molecule has 134 valence electrons. The molecular weight excluding hydrogens is 338 g/mol. The molecule has 0 aliphatic rings. The Hall–Kier alpha value is -2.34. The van der Waals surface area contributed by atoms with E-state index >= 15 is 0 Å². The van der Waals surface area contributed by atoms with Crippen LogP contribution in [-0.4, -0.2) is 25.7 Å². The van der Waals surface area contributed by atoms with Crippen LogP contribution in [0.5, 0.6) is 5.75 Å². The molecule has 0 saturated heterocycles. The van der Waals surface area contributed by atoms with E-state index in [1.54, 1.807) is 50.2 Å². The topological polar surface area (TPSA) is 72.5 Å². The number of hydrogen-bond donors (Lipinski definition) is 1. The van der Waals surface area contributed by atoms with Gasteiger partial charge in [-0.05, 0) is 64.1 Å². The Balaban J connectivity index is 2.25. The quantitative estimate of drug-likeness (QED) is 0.847. The first kappa shape index (κ1) is 19.0. The van der Waals surface area contributed by atoms with Crippen molar-refractivity contribution in [2.45, 2.75) is 43.9 Å². The average Bonchev–Trinajstić information content (AvgIpc) is 2.56. The van der Waals surface area contributed by atoms with Crippen LogP contribution in [0, 0.1) is 0 Å². The standard InChI is InChI=1S/C19H23NO4S/c1-13(2)24-16-11-9-15(10-12-16)20-19(21)17-7-5-6-8-18(17)25(22,23)14(3)4/h5-14H,1-4H3,(H,20,21). The molecule has 0 fully saturated rings. The molecule has 2 aromatic carbocycles. The highest BCUT2D eigenvalue weighted by Gasteiger charge is 2.25. The van der Waals surface area contributed by atoms with Gasteiger partial charge in [0.1, 0.15) is 5.75 Å². The van der Waals surface area contributed by atoms with E-state index in [4.69, 9.17) is 4.74 Å². The number of sulfone groups is 1. The predicted molar refractivity (Wildman–Crippen MR) is 98.9 cm³/mol. The van der Waals surface area contributed by atoms with Gasteiger partial charge in [0.15, 0.2) is 9.84 Å². The molecule has 5 nitrogen and oxygen atoms in total. The van der Waals surface area contributed by atoms with Crippen LogP contribution in [0.1, 0.15) is 38.1 Å². The summed E-state index contributed by atoms with van der Waals surface area (Å²) in [4.78, 5) is 12.6. The minimum absolute atomic E-state index is 0.0438. The van der Waals surface area contributed by atoms with Gasteiger partial charge in [0, 0.05) is 5.69 Å². The molecule has 0 aromatic heterocycles. The lowest BCUT2D eigenvalue weighted by Crippen LogP contribution is -2.20. The van der Waals surface area contributed by atoms with Crippen LogP contribution >= 0.6 is 0 Å². The summed E-state index contributed by atoms with van der Waals surface area (Å²) in [5, 5.41) is 2.13. The molecule has 0 atom stereocenters. The molecule has 0 aliphatic heterocycles. The van der Waals surface area contributed by atoms with E-state index in [1.807, 2.05) is 13.8 Å². The van der Waals surface area contributed by atoms with Gasteiger partial charge in [-0.25, -0.2) is 8.42 Å². The molecule has 2 rings (SSSR count). The largest absolute Gasteiger partial charge is 0.491 e. The van der Waals surface area contributed by atoms with Gasteiger partial charge in [-0.1, -0.05) is 12.1 Å². The maximum atomic E-state index is 12.6. The lowest BCUT2D eigenvalue weighted by Gasteiger charge is -2.13. The van der Waals surface area contributed by atoms with E-state index in [-0.39, 0.29) is 16.6 Å². The van der Waals surface area contributed by atoms with Crippen LogP contribution < -0.4 is 10.1 Å². The maximum Gasteiger partial charge on any atom is 0.256 e. The summed E-state index contributed by atoms with van der Waals surface area (Å²) < 4.78 is 30.5. The monoisotopic (exact) mass is 361 g/mol. The second kappa shape index (κ2) is 7.70. The summed E-state index contributed by atoms with van der Waals surface area (Å²) >= 11 is 0. The molecule has 1 N–H and O–H groups in total. The van der Waals surface area contributed by atoms with Gasteiger partial charge >= 0.3 is 0 Å². The van der Waals surface area contributed by atoms with Crippen molar-refractivity contribution in [3.63, 3.8) is 0 Å². The Bertz CT molecular complexity index is 840. The third-order valence-electron chi connectivity index (χ3n) is 3.54. The number of anilines is 1. The second-order valence-electron chi connectivity index (χ2n) is 6.24. The fourth-order valence-corrected chi connectivity index (χ4v) is 3.49. The minimum Gasteiger partial charge on any atom is -0.491 e. The Labute approximate surface area is 148 Å². The van der Waals surface area contributed by atoms with Gasteiger partial charge in [0.25, 0.3) is 5.91 Å². The van der Waals surface area contributed by atoms with Crippen LogP contribution in [0.15, 0.2) is 53.4 Å². The Morgan fingerprint density at radius 1 is 0.960 bits per heavy atom. The van der Waals surface area contributed by atoms with Gasteiger partial charge in [-0.3, -0.25) is 4.79 Å². The summed E-state index contributed by atoms with van der Waals surface area (Å²) in [6.07, 6.45) is 0.0635. The maximum absolute atomic E-state index is 12.6. The summed E-state index contributed by atoms with van der Waals surface area (Å²) in [6.45, 7) is 7.05. The molecule has 25 heavy (non-hydrogen) atoms. The van der Waals surface area contributed by atoms with Crippen LogP contribution in [0.3, 0.4) is 0 Å². The van der Waals surface area contributed by atoms with E-state index in [0.717, 1.165) is 0 Å². The lowest BCUT2D eigenvalue weighted by atomic mass is 10.2. The van der Waals surface area contributed by atoms with E-state index < -0.39 is 21.0 Å². The van der Waals surface area contributed by atoms with Crippen molar-refractivity contribution in [1.29, 1.82) is 0 Å². The average molecular weight is 361 g/mol. The molecular formula is C19H23NO4S. The van der Waals surface area contributed by atoms with Crippen molar-refractivity contribution in [1.82, 2.24) is 0 Å². The molecule has 0 unspecified atom stereocenters. The summed E-state index contributed by atoms with van der Waals surface area (Å²) in [7, 11) is -3.55. The van der Waals surface area contributed by atoms with Gasteiger partial charge in [0.2, 0.25) is 0 Å². The Morgan fingerprint density at radius 2 is 1.56 bits per heavy atom. The molecule has 0 bridgehead atoms. The normalized spacial score (nSPS) is 11.6. The van der Waals surface area contributed by atoms with Crippen molar-refractivity contribution in [2.75, 3.05) is 5.32 Å². The highest BCUT2D eigenvalue weighted by molar-refractivity contribution is 7.92. The van der Waals surface area contributed by atoms with E-state index in [0.29, 0.717) is 11.4 Å². The molecule has 2 aromatic rings. The smallest absolute Gasteiger partial charge is 0.256 e. The van der Waals surface area contributed by atoms with Crippen LogP contribution in [0.2, 0.25) is 0 Å². The van der Waals surface area contributed by atoms with E-state index in [9.17, 15) is 13.2 Å². The SMILES string of the molecule is CC(C)Oc1ccc(NC(=O)c2ccccc2S(=O)(=O)C(C)C)cc1. The lowest BCUT2D eigenvalue weighted by molar-refractivity contribution is 0.102. The fourth-order valence-electron chi connectivity index (χ4n) is 2.24. The third-order valence-corrected chi connectivity index (χ3v) is 5.75. The first-order valence-corrected chi connectivity index (χ1v) is 9.67. The molecule has 0 saturated carbocycles. The van der Waals surface area contributed by atoms with E-state index in [1.165, 1.54) is 12.1 Å². The number of amides is 1. The number of benzene rings is 2. The number of carbonyl (C=O) groups excluding carboxylic acids is 1. The molecule has 0 aliphatic carbocycles. The summed E-state index contributed by atoms with van der Waals surface area (Å²) in [5.74, 6) is 0.244. The molecule has 1 amide bonds. The number of nitrogens with one attached hydrogen (secondary N) is 1. The second-order valence-corrected chi connectivity index (χ2v) is 8.71. The van der Waals surface area contributed by atoms with Crippen molar-refractivity contribution in [2.24, 2.45) is 0 Å². The van der Waals surface area contributed by atoms with Gasteiger partial charge in [-0.15, -0.1) is 0 Å². The van der Waals surface area contributed by atoms with E-state index in [2.05, 4.69) is 5.32 Å². The zero-order chi connectivity index (χ0) is 18.6. The van der Waals surface area contributed by atoms with Crippen molar-refractivity contribution < 1.29 is 17.9 Å². The highest BCUT2D eigenvalue weighted by Crippen LogP contribution is 2.22. The predicted octanol–water partition coefficient (Wildman–Crippen LogP) is 3.91. The van der Waals surface area contributed by atoms with Gasteiger partial charge in [-0.2, -0.15) is 0 Å². The van der Waals surface area contributed by atoms with Crippen LogP contribution in [0.4, 0.5) is 5.69 Å². The van der Waals surface area contributed by atoms with Crippen molar-refractivity contribution in [3.05, 3.63) is 54.1 Å². The number of ether oxygens (including phenoxy) is 1. The Morgan fingerprint density at radius 3 is 2.12 bits per heavy atom. The van der Waals surface area contributed by atoms with Crippen molar-refractivity contribution in [3.8, 4) is 5.75 Å². The summed E-state index contributed by atoms with van der Waals surface area (Å²) in [6, 6.07) is 13.2. The summed E-state index contributed by atoms with van der Waals surface area (Å²) in [5.41, 5.74) is 0.705. The van der Waals surface area contributed by atoms with Crippen molar-refractivity contribution >= 4 is 21.4 Å². The zero-order valence-corrected chi connectivity index (χ0v) is 15.6.